The summed E-state index contributed by atoms with van der Waals surface area (Å²) in [6, 6.07) is 12.9. The van der Waals surface area contributed by atoms with E-state index in [1.807, 2.05) is 38.1 Å². The molecule has 1 N–H and O–H groups in total. The molecule has 6 nitrogen and oxygen atoms in total. The van der Waals surface area contributed by atoms with Crippen LogP contribution >= 0.6 is 11.3 Å². The van der Waals surface area contributed by atoms with Crippen molar-refractivity contribution < 1.29 is 19.0 Å². The molecule has 146 valence electrons. The van der Waals surface area contributed by atoms with E-state index in [-0.39, 0.29) is 12.0 Å². The van der Waals surface area contributed by atoms with Crippen LogP contribution in [-0.2, 0) is 0 Å². The molecule has 3 rings (SSSR count). The monoisotopic (exact) mass is 398 g/mol. The first-order chi connectivity index (χ1) is 13.5. The second-order valence-corrected chi connectivity index (χ2v) is 7.08. The Hall–Kier alpha value is -3.06. The molecule has 0 bridgehead atoms. The van der Waals surface area contributed by atoms with Crippen LogP contribution in [0.1, 0.15) is 24.3 Å². The topological polar surface area (TPSA) is 69.7 Å². The van der Waals surface area contributed by atoms with Gasteiger partial charge in [-0.3, -0.25) is 4.79 Å². The van der Waals surface area contributed by atoms with Crippen LogP contribution in [-0.4, -0.2) is 31.2 Å². The minimum Gasteiger partial charge on any atom is -0.497 e. The van der Waals surface area contributed by atoms with Gasteiger partial charge in [-0.05, 0) is 38.1 Å². The van der Waals surface area contributed by atoms with Crippen LogP contribution in [0.15, 0.2) is 47.8 Å². The second-order valence-electron chi connectivity index (χ2n) is 6.22. The van der Waals surface area contributed by atoms with E-state index in [0.717, 1.165) is 16.3 Å². The van der Waals surface area contributed by atoms with E-state index in [2.05, 4.69) is 10.3 Å². The quantitative estimate of drug-likeness (QED) is 0.615. The highest BCUT2D eigenvalue weighted by molar-refractivity contribution is 7.13. The summed E-state index contributed by atoms with van der Waals surface area (Å²) >= 11 is 1.40. The lowest BCUT2D eigenvalue weighted by Crippen LogP contribution is -2.13. The molecule has 0 saturated heterocycles. The molecule has 2 aromatic carbocycles. The van der Waals surface area contributed by atoms with E-state index >= 15 is 0 Å². The average molecular weight is 398 g/mol. The van der Waals surface area contributed by atoms with Crippen LogP contribution in [0, 0.1) is 0 Å². The van der Waals surface area contributed by atoms with Gasteiger partial charge in [-0.25, -0.2) is 4.98 Å². The number of carbonyl (C=O) groups excluding carboxylic acids is 1. The van der Waals surface area contributed by atoms with Gasteiger partial charge < -0.3 is 19.5 Å². The molecular weight excluding hydrogens is 376 g/mol. The molecule has 1 aromatic heterocycles. The normalized spacial score (nSPS) is 10.6. The number of benzene rings is 2. The number of methoxy groups -OCH3 is 2. The molecule has 0 aliphatic carbocycles. The Balaban J connectivity index is 1.82. The number of para-hydroxylation sites is 1. The highest BCUT2D eigenvalue weighted by Gasteiger charge is 2.17. The second kappa shape index (κ2) is 8.75. The van der Waals surface area contributed by atoms with E-state index in [9.17, 15) is 4.79 Å². The Kier molecular flexibility index (Phi) is 6.16. The molecule has 0 spiro atoms. The maximum Gasteiger partial charge on any atom is 0.275 e. The molecule has 0 atom stereocenters. The fourth-order valence-corrected chi connectivity index (χ4v) is 3.42. The van der Waals surface area contributed by atoms with Crippen molar-refractivity contribution >= 4 is 22.9 Å². The van der Waals surface area contributed by atoms with E-state index in [1.54, 1.807) is 30.7 Å². The fraction of sp³-hybridized carbons (Fsp3) is 0.238. The first-order valence-electron chi connectivity index (χ1n) is 8.76. The number of amides is 1. The molecule has 0 radical (unpaired) electrons. The van der Waals surface area contributed by atoms with Crippen LogP contribution in [0.3, 0.4) is 0 Å². The largest absolute Gasteiger partial charge is 0.497 e. The summed E-state index contributed by atoms with van der Waals surface area (Å²) < 4.78 is 16.4. The molecular formula is C21H22N2O4S. The van der Waals surface area contributed by atoms with E-state index in [4.69, 9.17) is 14.2 Å². The molecule has 1 amide bonds. The average Bonchev–Trinajstić information content (AvgIpc) is 3.18. The summed E-state index contributed by atoms with van der Waals surface area (Å²) in [5, 5.41) is 5.29. The number of ether oxygens (including phenoxy) is 3. The molecule has 0 unspecified atom stereocenters. The Labute approximate surface area is 168 Å². The number of aromatic nitrogens is 1. The number of nitrogens with zero attached hydrogens (tertiary/aromatic N) is 1. The van der Waals surface area contributed by atoms with Crippen LogP contribution in [0.2, 0.25) is 0 Å². The Morgan fingerprint density at radius 2 is 1.86 bits per heavy atom. The Bertz CT molecular complexity index is 969. The minimum absolute atomic E-state index is 0.0476. The standard InChI is InChI=1S/C21H22N2O4S/c1-13(2)27-18-8-6-5-7-15(18)21-23-17(12-28-21)20(24)22-16-10-9-14(25-3)11-19(16)26-4/h5-13H,1-4H3,(H,22,24). The van der Waals surface area contributed by atoms with Gasteiger partial charge in [-0.1, -0.05) is 12.1 Å². The van der Waals surface area contributed by atoms with Crippen molar-refractivity contribution in [2.45, 2.75) is 20.0 Å². The molecule has 0 aliphatic rings. The lowest BCUT2D eigenvalue weighted by Gasteiger charge is -2.12. The van der Waals surface area contributed by atoms with Gasteiger partial charge >= 0.3 is 0 Å². The summed E-state index contributed by atoms with van der Waals surface area (Å²) in [6.45, 7) is 3.94. The van der Waals surface area contributed by atoms with Crippen molar-refractivity contribution in [2.75, 3.05) is 19.5 Å². The molecule has 3 aromatic rings. The fourth-order valence-electron chi connectivity index (χ4n) is 2.59. The molecule has 0 aliphatic heterocycles. The number of anilines is 1. The Morgan fingerprint density at radius 3 is 2.57 bits per heavy atom. The Morgan fingerprint density at radius 1 is 1.07 bits per heavy atom. The van der Waals surface area contributed by atoms with Crippen molar-refractivity contribution in [1.82, 2.24) is 4.98 Å². The minimum atomic E-state index is -0.312. The number of carbonyl (C=O) groups is 1. The highest BCUT2D eigenvalue weighted by atomic mass is 32.1. The number of nitrogens with one attached hydrogen (secondary N) is 1. The van der Waals surface area contributed by atoms with Crippen LogP contribution in [0.5, 0.6) is 17.2 Å². The van der Waals surface area contributed by atoms with Crippen molar-refractivity contribution in [1.29, 1.82) is 0 Å². The van der Waals surface area contributed by atoms with Crippen molar-refractivity contribution in [3.05, 3.63) is 53.5 Å². The van der Waals surface area contributed by atoms with E-state index in [0.29, 0.717) is 22.9 Å². The van der Waals surface area contributed by atoms with Gasteiger partial charge in [0.15, 0.2) is 0 Å². The summed E-state index contributed by atoms with van der Waals surface area (Å²) in [7, 11) is 3.11. The lowest BCUT2D eigenvalue weighted by molar-refractivity contribution is 0.102. The summed E-state index contributed by atoms with van der Waals surface area (Å²) in [6.07, 6.45) is 0.0476. The third-order valence-electron chi connectivity index (χ3n) is 3.87. The predicted octanol–water partition coefficient (Wildman–Crippen LogP) is 4.87. The maximum atomic E-state index is 12.7. The highest BCUT2D eigenvalue weighted by Crippen LogP contribution is 2.33. The third kappa shape index (κ3) is 4.43. The number of hydrogen-bond donors (Lipinski definition) is 1. The molecule has 0 fully saturated rings. The smallest absolute Gasteiger partial charge is 0.275 e. The molecule has 7 heteroatoms. The maximum absolute atomic E-state index is 12.7. The first-order valence-corrected chi connectivity index (χ1v) is 9.64. The van der Waals surface area contributed by atoms with Crippen molar-refractivity contribution in [3.63, 3.8) is 0 Å². The summed E-state index contributed by atoms with van der Waals surface area (Å²) in [4.78, 5) is 17.2. The van der Waals surface area contributed by atoms with Gasteiger partial charge in [0.05, 0.1) is 31.6 Å². The van der Waals surface area contributed by atoms with Crippen molar-refractivity contribution in [3.8, 4) is 27.8 Å². The van der Waals surface area contributed by atoms with Crippen LogP contribution in [0.25, 0.3) is 10.6 Å². The predicted molar refractivity (Wildman–Crippen MR) is 111 cm³/mol. The zero-order valence-electron chi connectivity index (χ0n) is 16.2. The van der Waals surface area contributed by atoms with E-state index in [1.165, 1.54) is 18.4 Å². The summed E-state index contributed by atoms with van der Waals surface area (Å²) in [5.41, 5.74) is 1.74. The van der Waals surface area contributed by atoms with Gasteiger partial charge in [-0.15, -0.1) is 11.3 Å². The number of thiazole rings is 1. The van der Waals surface area contributed by atoms with Gasteiger partial charge in [0.2, 0.25) is 0 Å². The number of rotatable bonds is 7. The van der Waals surface area contributed by atoms with Gasteiger partial charge in [0.1, 0.15) is 28.0 Å². The molecule has 1 heterocycles. The van der Waals surface area contributed by atoms with E-state index < -0.39 is 0 Å². The van der Waals surface area contributed by atoms with Crippen molar-refractivity contribution in [2.24, 2.45) is 0 Å². The van der Waals surface area contributed by atoms with Gasteiger partial charge in [0.25, 0.3) is 5.91 Å². The van der Waals surface area contributed by atoms with Gasteiger partial charge in [-0.2, -0.15) is 0 Å². The SMILES string of the molecule is COc1ccc(NC(=O)c2csc(-c3ccccc3OC(C)C)n2)c(OC)c1. The first kappa shape index (κ1) is 19.7. The van der Waals surface area contributed by atoms with Crippen LogP contribution < -0.4 is 19.5 Å². The van der Waals surface area contributed by atoms with Crippen LogP contribution in [0.4, 0.5) is 5.69 Å². The third-order valence-corrected chi connectivity index (χ3v) is 4.75. The molecule has 0 saturated carbocycles. The molecule has 28 heavy (non-hydrogen) atoms. The number of hydrogen-bond acceptors (Lipinski definition) is 6. The zero-order chi connectivity index (χ0) is 20.1. The van der Waals surface area contributed by atoms with Gasteiger partial charge in [0, 0.05) is 11.4 Å². The zero-order valence-corrected chi connectivity index (χ0v) is 17.0. The lowest BCUT2D eigenvalue weighted by atomic mass is 10.2. The summed E-state index contributed by atoms with van der Waals surface area (Å²) in [5.74, 6) is 1.59.